The molecule has 3 aromatic carbocycles. The second-order valence-corrected chi connectivity index (χ2v) is 6.93. The average Bonchev–Trinajstić information content (AvgIpc) is 3.07. The number of primary amides is 1. The predicted molar refractivity (Wildman–Crippen MR) is 117 cm³/mol. The molecule has 2 amide bonds. The van der Waals surface area contributed by atoms with E-state index >= 15 is 0 Å². The molecule has 1 heterocycles. The van der Waals surface area contributed by atoms with E-state index in [1.54, 1.807) is 25.3 Å². The smallest absolute Gasteiger partial charge is 0.407 e. The number of rotatable bonds is 7. The average molecular weight is 419 g/mol. The van der Waals surface area contributed by atoms with Gasteiger partial charge >= 0.3 is 6.09 Å². The normalized spacial score (nSPS) is 10.9. The van der Waals surface area contributed by atoms with Crippen molar-refractivity contribution in [2.75, 3.05) is 13.8 Å². The molecule has 1 aromatic heterocycles. The Labute approximate surface area is 177 Å². The molecule has 158 valence electrons. The van der Waals surface area contributed by atoms with Gasteiger partial charge < -0.3 is 24.9 Å². The van der Waals surface area contributed by atoms with E-state index in [2.05, 4.69) is 9.88 Å². The number of hydrogen-bond donors (Lipinski definition) is 3. The van der Waals surface area contributed by atoms with Crippen molar-refractivity contribution in [1.82, 2.24) is 9.88 Å². The number of ether oxygens (including phenoxy) is 2. The van der Waals surface area contributed by atoms with Gasteiger partial charge in [0.05, 0.1) is 23.5 Å². The van der Waals surface area contributed by atoms with E-state index in [0.717, 1.165) is 16.6 Å². The van der Waals surface area contributed by atoms with Crippen LogP contribution in [0.1, 0.15) is 15.9 Å². The molecule has 4 aromatic rings. The number of amides is 2. The van der Waals surface area contributed by atoms with Crippen molar-refractivity contribution < 1.29 is 24.2 Å². The van der Waals surface area contributed by atoms with E-state index < -0.39 is 12.0 Å². The van der Waals surface area contributed by atoms with E-state index in [1.807, 2.05) is 42.5 Å². The molecule has 0 spiro atoms. The molecule has 0 aliphatic rings. The van der Waals surface area contributed by atoms with Crippen molar-refractivity contribution in [3.8, 4) is 11.5 Å². The summed E-state index contributed by atoms with van der Waals surface area (Å²) in [5.74, 6) is 0.360. The zero-order valence-electron chi connectivity index (χ0n) is 16.8. The Bertz CT molecular complexity index is 1280. The monoisotopic (exact) mass is 419 g/mol. The van der Waals surface area contributed by atoms with Crippen LogP contribution in [0, 0.1) is 0 Å². The third-order valence-electron chi connectivity index (χ3n) is 5.06. The molecule has 0 unspecified atom stereocenters. The molecule has 0 saturated heterocycles. The number of nitrogens with zero attached hydrogens (tertiary/aromatic N) is 1. The molecule has 0 aliphatic carbocycles. The minimum Gasteiger partial charge on any atom is -0.497 e. The van der Waals surface area contributed by atoms with E-state index in [1.165, 1.54) is 0 Å². The second kappa shape index (κ2) is 8.27. The summed E-state index contributed by atoms with van der Waals surface area (Å²) >= 11 is 0. The van der Waals surface area contributed by atoms with Gasteiger partial charge in [-0.3, -0.25) is 10.1 Å². The van der Waals surface area contributed by atoms with Gasteiger partial charge in [-0.1, -0.05) is 36.4 Å². The van der Waals surface area contributed by atoms with Gasteiger partial charge in [-0.15, -0.1) is 0 Å². The van der Waals surface area contributed by atoms with Crippen LogP contribution < -0.4 is 20.5 Å². The Morgan fingerprint density at radius 2 is 1.81 bits per heavy atom. The Balaban J connectivity index is 2.02. The molecule has 31 heavy (non-hydrogen) atoms. The fraction of sp³-hybridized carbons (Fsp3) is 0.130. The highest BCUT2D eigenvalue weighted by molar-refractivity contribution is 6.20. The SMILES string of the molecule is COc1cc(OCNC(=O)O)c2c3c(C(N)=O)cccc3n(Cc3ccccc3)c2c1. The number of carbonyl (C=O) groups excluding carboxylic acids is 1. The fourth-order valence-electron chi connectivity index (χ4n) is 3.75. The molecule has 4 N–H and O–H groups in total. The zero-order valence-corrected chi connectivity index (χ0v) is 16.8. The maximum atomic E-state index is 12.2. The minimum absolute atomic E-state index is 0.262. The molecule has 4 rings (SSSR count). The third-order valence-corrected chi connectivity index (χ3v) is 5.06. The summed E-state index contributed by atoms with van der Waals surface area (Å²) < 4.78 is 13.3. The number of aromatic nitrogens is 1. The van der Waals surface area contributed by atoms with Gasteiger partial charge in [-0.25, -0.2) is 4.79 Å². The van der Waals surface area contributed by atoms with E-state index in [9.17, 15) is 9.59 Å². The van der Waals surface area contributed by atoms with Crippen LogP contribution in [-0.2, 0) is 6.54 Å². The number of carboxylic acid groups (broad SMARTS) is 1. The highest BCUT2D eigenvalue weighted by Gasteiger charge is 2.21. The number of hydrogen-bond acceptors (Lipinski definition) is 4. The zero-order chi connectivity index (χ0) is 22.0. The maximum Gasteiger partial charge on any atom is 0.407 e. The molecule has 0 atom stereocenters. The molecular weight excluding hydrogens is 398 g/mol. The van der Waals surface area contributed by atoms with Crippen LogP contribution in [0.4, 0.5) is 4.79 Å². The molecular formula is C23H21N3O5. The first-order valence-corrected chi connectivity index (χ1v) is 9.56. The number of nitrogens with one attached hydrogen (secondary N) is 1. The molecule has 8 nitrogen and oxygen atoms in total. The summed E-state index contributed by atoms with van der Waals surface area (Å²) in [5.41, 5.74) is 8.68. The lowest BCUT2D eigenvalue weighted by Crippen LogP contribution is -2.25. The Hall–Kier alpha value is -4.20. The third kappa shape index (κ3) is 3.83. The largest absolute Gasteiger partial charge is 0.497 e. The van der Waals surface area contributed by atoms with Gasteiger partial charge in [0.2, 0.25) is 5.91 Å². The molecule has 0 fully saturated rings. The van der Waals surface area contributed by atoms with Crippen molar-refractivity contribution in [2.24, 2.45) is 5.73 Å². The standard InChI is InChI=1S/C23H21N3O5/c1-30-15-10-18-21(19(11-15)31-13-25-23(28)29)20-16(22(24)27)8-5-9-17(20)26(18)12-14-6-3-2-4-7-14/h2-11,25H,12-13H2,1H3,(H2,24,27)(H,28,29). The number of fused-ring (bicyclic) bond motifs is 3. The quantitative estimate of drug-likeness (QED) is 0.396. The number of methoxy groups -OCH3 is 1. The highest BCUT2D eigenvalue weighted by Crippen LogP contribution is 2.40. The lowest BCUT2D eigenvalue weighted by Gasteiger charge is -2.12. The Morgan fingerprint density at radius 1 is 1.03 bits per heavy atom. The van der Waals surface area contributed by atoms with Crippen LogP contribution in [0.2, 0.25) is 0 Å². The molecule has 8 heteroatoms. The number of carbonyl (C=O) groups is 2. The summed E-state index contributed by atoms with van der Waals surface area (Å²) in [7, 11) is 1.54. The number of nitrogens with two attached hydrogens (primary N) is 1. The first-order valence-electron chi connectivity index (χ1n) is 9.56. The molecule has 0 saturated carbocycles. The minimum atomic E-state index is -1.21. The Morgan fingerprint density at radius 3 is 2.48 bits per heavy atom. The summed E-state index contributed by atoms with van der Waals surface area (Å²) in [6.07, 6.45) is -1.21. The van der Waals surface area contributed by atoms with Crippen molar-refractivity contribution >= 4 is 33.8 Å². The van der Waals surface area contributed by atoms with Gasteiger partial charge in [0.1, 0.15) is 11.5 Å². The van der Waals surface area contributed by atoms with Gasteiger partial charge in [0, 0.05) is 29.6 Å². The lowest BCUT2D eigenvalue weighted by atomic mass is 10.1. The van der Waals surface area contributed by atoms with Gasteiger partial charge in [0.15, 0.2) is 6.73 Å². The highest BCUT2D eigenvalue weighted by atomic mass is 16.5. The predicted octanol–water partition coefficient (Wildman–Crippen LogP) is 3.55. The first kappa shape index (κ1) is 20.1. The summed E-state index contributed by atoms with van der Waals surface area (Å²) in [6.45, 7) is 0.282. The maximum absolute atomic E-state index is 12.2. The first-order chi connectivity index (χ1) is 15.0. The van der Waals surface area contributed by atoms with Gasteiger partial charge in [-0.2, -0.15) is 0 Å². The van der Waals surface area contributed by atoms with Crippen LogP contribution in [-0.4, -0.2) is 35.5 Å². The van der Waals surface area contributed by atoms with Crippen LogP contribution in [0.25, 0.3) is 21.8 Å². The van der Waals surface area contributed by atoms with Crippen LogP contribution in [0.5, 0.6) is 11.5 Å². The van der Waals surface area contributed by atoms with Crippen LogP contribution in [0.3, 0.4) is 0 Å². The lowest BCUT2D eigenvalue weighted by molar-refractivity contribution is 0.100. The summed E-state index contributed by atoms with van der Waals surface area (Å²) in [6, 6.07) is 18.8. The second-order valence-electron chi connectivity index (χ2n) is 6.93. The van der Waals surface area contributed by atoms with Crippen LogP contribution >= 0.6 is 0 Å². The summed E-state index contributed by atoms with van der Waals surface area (Å²) in [4.78, 5) is 23.1. The fourth-order valence-corrected chi connectivity index (χ4v) is 3.75. The van der Waals surface area contributed by atoms with Crippen molar-refractivity contribution in [1.29, 1.82) is 0 Å². The summed E-state index contributed by atoms with van der Waals surface area (Å²) in [5, 5.41) is 12.4. The van der Waals surface area contributed by atoms with Gasteiger partial charge in [0.25, 0.3) is 0 Å². The van der Waals surface area contributed by atoms with E-state index in [4.69, 9.17) is 20.3 Å². The topological polar surface area (TPSA) is 116 Å². The number of benzene rings is 3. The Kier molecular flexibility index (Phi) is 5.36. The van der Waals surface area contributed by atoms with Crippen molar-refractivity contribution in [3.05, 3.63) is 71.8 Å². The molecule has 0 bridgehead atoms. The molecule has 0 aliphatic heterocycles. The van der Waals surface area contributed by atoms with E-state index in [0.29, 0.717) is 34.4 Å². The molecule has 0 radical (unpaired) electrons. The van der Waals surface area contributed by atoms with Gasteiger partial charge in [-0.05, 0) is 17.7 Å². The van der Waals surface area contributed by atoms with Crippen molar-refractivity contribution in [3.63, 3.8) is 0 Å². The van der Waals surface area contributed by atoms with Crippen molar-refractivity contribution in [2.45, 2.75) is 6.54 Å². The van der Waals surface area contributed by atoms with E-state index in [-0.39, 0.29) is 6.73 Å². The van der Waals surface area contributed by atoms with Crippen LogP contribution in [0.15, 0.2) is 60.7 Å².